The van der Waals surface area contributed by atoms with Gasteiger partial charge in [0.15, 0.2) is 0 Å². The number of hydrogen-bond donors (Lipinski definition) is 0. The number of carbonyl (C=O) groups excluding carboxylic acids is 3. The molecule has 2 aliphatic heterocycles. The van der Waals surface area contributed by atoms with Crippen LogP contribution >= 0.6 is 0 Å². The number of nitrogens with zero attached hydrogens (tertiary/aromatic N) is 1. The van der Waals surface area contributed by atoms with Crippen molar-refractivity contribution in [1.29, 1.82) is 0 Å². The number of amides is 2. The van der Waals surface area contributed by atoms with Crippen molar-refractivity contribution < 1.29 is 28.6 Å². The van der Waals surface area contributed by atoms with Crippen LogP contribution in [0.4, 0.5) is 0 Å². The molecular formula is C15H13NO6. The van der Waals surface area contributed by atoms with E-state index in [9.17, 15) is 14.4 Å². The van der Waals surface area contributed by atoms with Gasteiger partial charge in [-0.15, -0.1) is 0 Å². The van der Waals surface area contributed by atoms with Crippen molar-refractivity contribution >= 4 is 17.8 Å². The number of rotatable bonds is 4. The van der Waals surface area contributed by atoms with Gasteiger partial charge in [0.1, 0.15) is 26.1 Å². The molecule has 2 aliphatic rings. The van der Waals surface area contributed by atoms with E-state index in [1.165, 1.54) is 6.26 Å². The van der Waals surface area contributed by atoms with Gasteiger partial charge in [-0.1, -0.05) is 12.1 Å². The first-order chi connectivity index (χ1) is 10.7. The summed E-state index contributed by atoms with van der Waals surface area (Å²) < 4.78 is 15.0. The number of carbonyl (C=O) groups is 3. The SMILES string of the molecule is O=C(OCCN1C(=O)c2ccccc2C1=O)C1=COCCO1. The highest BCUT2D eigenvalue weighted by Crippen LogP contribution is 2.21. The Morgan fingerprint density at radius 2 is 1.82 bits per heavy atom. The molecule has 114 valence electrons. The van der Waals surface area contributed by atoms with Crippen molar-refractivity contribution in [2.45, 2.75) is 0 Å². The van der Waals surface area contributed by atoms with Crippen LogP contribution in [0, 0.1) is 0 Å². The Labute approximate surface area is 126 Å². The zero-order valence-electron chi connectivity index (χ0n) is 11.6. The molecule has 0 spiro atoms. The molecule has 0 aliphatic carbocycles. The molecule has 22 heavy (non-hydrogen) atoms. The molecule has 3 rings (SSSR count). The lowest BCUT2D eigenvalue weighted by Crippen LogP contribution is -2.33. The smallest absolute Gasteiger partial charge is 0.376 e. The van der Waals surface area contributed by atoms with Gasteiger partial charge >= 0.3 is 5.97 Å². The highest BCUT2D eigenvalue weighted by Gasteiger charge is 2.34. The molecule has 0 N–H and O–H groups in total. The average Bonchev–Trinajstić information content (AvgIpc) is 2.81. The Balaban J connectivity index is 1.57. The fourth-order valence-electron chi connectivity index (χ4n) is 2.22. The first-order valence-corrected chi connectivity index (χ1v) is 6.75. The maximum atomic E-state index is 12.1. The van der Waals surface area contributed by atoms with Gasteiger partial charge in [0.05, 0.1) is 17.7 Å². The molecule has 2 amide bonds. The van der Waals surface area contributed by atoms with Crippen LogP contribution in [0.3, 0.4) is 0 Å². The second-order valence-corrected chi connectivity index (χ2v) is 4.64. The monoisotopic (exact) mass is 303 g/mol. The molecule has 0 bridgehead atoms. The van der Waals surface area contributed by atoms with Crippen molar-refractivity contribution in [2.24, 2.45) is 0 Å². The Morgan fingerprint density at radius 3 is 2.41 bits per heavy atom. The number of benzene rings is 1. The van der Waals surface area contributed by atoms with E-state index >= 15 is 0 Å². The third kappa shape index (κ3) is 2.52. The Morgan fingerprint density at radius 1 is 1.14 bits per heavy atom. The Hall–Kier alpha value is -2.83. The summed E-state index contributed by atoms with van der Waals surface area (Å²) in [5, 5.41) is 0. The topological polar surface area (TPSA) is 82.1 Å². The van der Waals surface area contributed by atoms with E-state index in [1.807, 2.05) is 0 Å². The summed E-state index contributed by atoms with van der Waals surface area (Å²) in [4.78, 5) is 36.9. The van der Waals surface area contributed by atoms with Crippen molar-refractivity contribution in [2.75, 3.05) is 26.4 Å². The molecule has 7 nitrogen and oxygen atoms in total. The summed E-state index contributed by atoms with van der Waals surface area (Å²) in [7, 11) is 0. The fourth-order valence-corrected chi connectivity index (χ4v) is 2.22. The minimum absolute atomic E-state index is 0.00771. The lowest BCUT2D eigenvalue weighted by molar-refractivity contribution is -0.144. The van der Waals surface area contributed by atoms with Gasteiger partial charge in [-0.2, -0.15) is 0 Å². The molecule has 0 atom stereocenters. The van der Waals surface area contributed by atoms with Gasteiger partial charge in [-0.05, 0) is 12.1 Å². The predicted octanol–water partition coefficient (Wildman–Crippen LogP) is 0.714. The molecule has 2 heterocycles. The van der Waals surface area contributed by atoms with E-state index in [-0.39, 0.29) is 37.3 Å². The molecule has 1 aromatic carbocycles. The van der Waals surface area contributed by atoms with Gasteiger partial charge in [0.2, 0.25) is 5.76 Å². The molecular weight excluding hydrogens is 290 g/mol. The van der Waals surface area contributed by atoms with Crippen LogP contribution in [-0.4, -0.2) is 49.0 Å². The van der Waals surface area contributed by atoms with Crippen LogP contribution in [0.5, 0.6) is 0 Å². The van der Waals surface area contributed by atoms with Gasteiger partial charge in [-0.25, -0.2) is 4.79 Å². The zero-order chi connectivity index (χ0) is 15.5. The molecule has 0 radical (unpaired) electrons. The van der Waals surface area contributed by atoms with Crippen LogP contribution in [0.15, 0.2) is 36.3 Å². The molecule has 0 fully saturated rings. The minimum atomic E-state index is -0.684. The third-order valence-electron chi connectivity index (χ3n) is 3.28. The molecule has 0 saturated carbocycles. The van der Waals surface area contributed by atoms with E-state index in [4.69, 9.17) is 14.2 Å². The van der Waals surface area contributed by atoms with Crippen molar-refractivity contribution in [3.63, 3.8) is 0 Å². The first kappa shape index (κ1) is 14.1. The van der Waals surface area contributed by atoms with E-state index in [0.717, 1.165) is 4.90 Å². The maximum absolute atomic E-state index is 12.1. The second kappa shape index (κ2) is 5.88. The van der Waals surface area contributed by atoms with Crippen molar-refractivity contribution in [1.82, 2.24) is 4.90 Å². The Kier molecular flexibility index (Phi) is 3.78. The van der Waals surface area contributed by atoms with E-state index < -0.39 is 5.97 Å². The fraction of sp³-hybridized carbons (Fsp3) is 0.267. The molecule has 7 heteroatoms. The van der Waals surface area contributed by atoms with E-state index in [1.54, 1.807) is 24.3 Å². The maximum Gasteiger partial charge on any atom is 0.376 e. The molecule has 0 saturated heterocycles. The van der Waals surface area contributed by atoms with Gasteiger partial charge in [0.25, 0.3) is 11.8 Å². The number of imide groups is 1. The van der Waals surface area contributed by atoms with Gasteiger partial charge < -0.3 is 14.2 Å². The third-order valence-corrected chi connectivity index (χ3v) is 3.28. The number of hydrogen-bond acceptors (Lipinski definition) is 6. The number of esters is 1. The second-order valence-electron chi connectivity index (χ2n) is 4.64. The van der Waals surface area contributed by atoms with Gasteiger partial charge in [0, 0.05) is 0 Å². The highest BCUT2D eigenvalue weighted by atomic mass is 16.6. The van der Waals surface area contributed by atoms with E-state index in [2.05, 4.69) is 0 Å². The quantitative estimate of drug-likeness (QED) is 0.602. The molecule has 1 aromatic rings. The van der Waals surface area contributed by atoms with Crippen molar-refractivity contribution in [3.8, 4) is 0 Å². The standard InChI is InChI=1S/C15H13NO6/c17-13-10-3-1-2-4-11(10)14(18)16(13)5-6-22-15(19)12-9-20-7-8-21-12/h1-4,9H,5-8H2. The number of ether oxygens (including phenoxy) is 3. The van der Waals surface area contributed by atoms with Crippen LogP contribution in [-0.2, 0) is 19.0 Å². The lowest BCUT2D eigenvalue weighted by Gasteiger charge is -2.16. The predicted molar refractivity (Wildman–Crippen MR) is 72.8 cm³/mol. The van der Waals surface area contributed by atoms with Crippen LogP contribution in [0.25, 0.3) is 0 Å². The minimum Gasteiger partial charge on any atom is -0.493 e. The van der Waals surface area contributed by atoms with Crippen LogP contribution in [0.2, 0.25) is 0 Å². The average molecular weight is 303 g/mol. The summed E-state index contributed by atoms with van der Waals surface area (Å²) in [6.45, 7) is 0.544. The van der Waals surface area contributed by atoms with Gasteiger partial charge in [-0.3, -0.25) is 14.5 Å². The first-order valence-electron chi connectivity index (χ1n) is 6.75. The Bertz CT molecular complexity index is 631. The zero-order valence-corrected chi connectivity index (χ0v) is 11.6. The number of fused-ring (bicyclic) bond motifs is 1. The molecule has 0 aromatic heterocycles. The summed E-state index contributed by atoms with van der Waals surface area (Å²) >= 11 is 0. The summed E-state index contributed by atoms with van der Waals surface area (Å²) in [5.74, 6) is -1.47. The summed E-state index contributed by atoms with van der Waals surface area (Å²) in [6, 6.07) is 6.58. The van der Waals surface area contributed by atoms with E-state index in [0.29, 0.717) is 17.7 Å². The summed E-state index contributed by atoms with van der Waals surface area (Å²) in [6.07, 6.45) is 1.19. The summed E-state index contributed by atoms with van der Waals surface area (Å²) in [5.41, 5.74) is 0.732. The van der Waals surface area contributed by atoms with Crippen molar-refractivity contribution in [3.05, 3.63) is 47.4 Å². The molecule has 0 unspecified atom stereocenters. The largest absolute Gasteiger partial charge is 0.493 e. The lowest BCUT2D eigenvalue weighted by atomic mass is 10.1. The highest BCUT2D eigenvalue weighted by molar-refractivity contribution is 6.21. The van der Waals surface area contributed by atoms with Crippen LogP contribution in [0.1, 0.15) is 20.7 Å². The normalized spacial score (nSPS) is 16.5. The van der Waals surface area contributed by atoms with Crippen LogP contribution < -0.4 is 0 Å².